The zero-order valence-electron chi connectivity index (χ0n) is 18.0. The molecule has 1 aromatic carbocycles. The number of hydrogen-bond donors (Lipinski definition) is 1. The highest BCUT2D eigenvalue weighted by Gasteiger charge is 2.21. The molecular formula is C23H30N4O2. The van der Waals surface area contributed by atoms with Crippen LogP contribution in [0.1, 0.15) is 44.0 Å². The van der Waals surface area contributed by atoms with E-state index in [0.717, 1.165) is 39.9 Å². The molecular weight excluding hydrogens is 364 g/mol. The highest BCUT2D eigenvalue weighted by Crippen LogP contribution is 2.36. The van der Waals surface area contributed by atoms with E-state index in [1.165, 1.54) is 25.7 Å². The van der Waals surface area contributed by atoms with E-state index in [-0.39, 0.29) is 0 Å². The van der Waals surface area contributed by atoms with Crippen molar-refractivity contribution in [3.63, 3.8) is 0 Å². The zero-order valence-corrected chi connectivity index (χ0v) is 18.0. The van der Waals surface area contributed by atoms with Crippen LogP contribution in [0.5, 0.6) is 11.5 Å². The van der Waals surface area contributed by atoms with Gasteiger partial charge in [-0.15, -0.1) is 0 Å². The lowest BCUT2D eigenvalue weighted by Crippen LogP contribution is -2.26. The summed E-state index contributed by atoms with van der Waals surface area (Å²) in [7, 11) is 3.30. The first-order valence-corrected chi connectivity index (χ1v) is 10.4. The van der Waals surface area contributed by atoms with E-state index in [1.807, 2.05) is 36.6 Å². The molecule has 6 nitrogen and oxygen atoms in total. The standard InChI is InChI=1S/C23H30N4O2/c1-14-6-9-18(10-7-14)25-21-12-15(2)24-23-22(16(3)26-27(21)23)17-8-11-19(28-4)20(13-17)29-5/h8,11-14,18,25H,6-7,9-10H2,1-5H3. The number of ether oxygens (including phenoxy) is 2. The number of aromatic nitrogens is 3. The first-order chi connectivity index (χ1) is 14.0. The Kier molecular flexibility index (Phi) is 5.35. The summed E-state index contributed by atoms with van der Waals surface area (Å²) in [5.41, 5.74) is 4.82. The molecule has 1 aliphatic carbocycles. The molecule has 0 spiro atoms. The molecule has 1 saturated carbocycles. The average molecular weight is 395 g/mol. The predicted octanol–water partition coefficient (Wildman–Crippen LogP) is 5.02. The lowest BCUT2D eigenvalue weighted by molar-refractivity contribution is 0.355. The van der Waals surface area contributed by atoms with Gasteiger partial charge in [-0.3, -0.25) is 0 Å². The lowest BCUT2D eigenvalue weighted by atomic mass is 9.87. The van der Waals surface area contributed by atoms with Gasteiger partial charge in [-0.2, -0.15) is 9.61 Å². The van der Waals surface area contributed by atoms with Crippen LogP contribution >= 0.6 is 0 Å². The van der Waals surface area contributed by atoms with Gasteiger partial charge in [-0.1, -0.05) is 13.0 Å². The fourth-order valence-corrected chi connectivity index (χ4v) is 4.29. The van der Waals surface area contributed by atoms with Gasteiger partial charge < -0.3 is 14.8 Å². The molecule has 2 aromatic heterocycles. The number of nitrogens with zero attached hydrogens (tertiary/aromatic N) is 3. The van der Waals surface area contributed by atoms with E-state index in [2.05, 4.69) is 18.3 Å². The first-order valence-electron chi connectivity index (χ1n) is 10.4. The molecule has 0 atom stereocenters. The number of benzene rings is 1. The van der Waals surface area contributed by atoms with E-state index >= 15 is 0 Å². The van der Waals surface area contributed by atoms with Crippen LogP contribution in [0.2, 0.25) is 0 Å². The summed E-state index contributed by atoms with van der Waals surface area (Å²) in [6.45, 7) is 6.41. The summed E-state index contributed by atoms with van der Waals surface area (Å²) >= 11 is 0. The molecule has 29 heavy (non-hydrogen) atoms. The van der Waals surface area contributed by atoms with Gasteiger partial charge >= 0.3 is 0 Å². The maximum absolute atomic E-state index is 5.50. The summed E-state index contributed by atoms with van der Waals surface area (Å²) in [4.78, 5) is 4.83. The third-order valence-electron chi connectivity index (χ3n) is 5.93. The molecule has 1 aliphatic rings. The maximum atomic E-state index is 5.50. The number of hydrogen-bond acceptors (Lipinski definition) is 5. The fraction of sp³-hybridized carbons (Fsp3) is 0.478. The van der Waals surface area contributed by atoms with Gasteiger partial charge in [0.15, 0.2) is 17.1 Å². The van der Waals surface area contributed by atoms with Gasteiger partial charge in [0.2, 0.25) is 0 Å². The van der Waals surface area contributed by atoms with Crippen LogP contribution < -0.4 is 14.8 Å². The SMILES string of the molecule is COc1ccc(-c2c(C)nn3c(NC4CCC(C)CC4)cc(C)nc23)cc1OC. The molecule has 0 radical (unpaired) electrons. The van der Waals surface area contributed by atoms with Crippen LogP contribution in [-0.2, 0) is 0 Å². The molecule has 1 fully saturated rings. The quantitative estimate of drug-likeness (QED) is 0.658. The number of aryl methyl sites for hydroxylation is 2. The van der Waals surface area contributed by atoms with Crippen molar-refractivity contribution in [2.45, 2.75) is 52.5 Å². The Morgan fingerprint density at radius 1 is 1.00 bits per heavy atom. The van der Waals surface area contributed by atoms with Gasteiger partial charge in [0.25, 0.3) is 0 Å². The normalized spacial score (nSPS) is 19.3. The van der Waals surface area contributed by atoms with Crippen molar-refractivity contribution in [3.05, 3.63) is 35.7 Å². The Morgan fingerprint density at radius 3 is 2.41 bits per heavy atom. The summed E-state index contributed by atoms with van der Waals surface area (Å²) in [6.07, 6.45) is 4.96. The first kappa shape index (κ1) is 19.6. The van der Waals surface area contributed by atoms with Crippen molar-refractivity contribution in [1.29, 1.82) is 0 Å². The van der Waals surface area contributed by atoms with Crippen LogP contribution in [0.3, 0.4) is 0 Å². The van der Waals surface area contributed by atoms with Crippen molar-refractivity contribution < 1.29 is 9.47 Å². The Morgan fingerprint density at radius 2 is 1.72 bits per heavy atom. The van der Waals surface area contributed by atoms with E-state index in [1.54, 1.807) is 14.2 Å². The molecule has 0 saturated heterocycles. The fourth-order valence-electron chi connectivity index (χ4n) is 4.29. The number of anilines is 1. The minimum absolute atomic E-state index is 0.491. The van der Waals surface area contributed by atoms with Crippen LogP contribution in [0.25, 0.3) is 16.8 Å². The average Bonchev–Trinajstić information content (AvgIpc) is 3.05. The monoisotopic (exact) mass is 394 g/mol. The summed E-state index contributed by atoms with van der Waals surface area (Å²) in [6, 6.07) is 8.53. The molecule has 0 amide bonds. The number of fused-ring (bicyclic) bond motifs is 1. The second kappa shape index (κ2) is 7.93. The number of rotatable bonds is 5. The number of nitrogens with one attached hydrogen (secondary N) is 1. The van der Waals surface area contributed by atoms with Crippen molar-refractivity contribution in [2.24, 2.45) is 5.92 Å². The largest absolute Gasteiger partial charge is 0.493 e. The molecule has 2 heterocycles. The van der Waals surface area contributed by atoms with E-state index in [9.17, 15) is 0 Å². The van der Waals surface area contributed by atoms with E-state index in [4.69, 9.17) is 19.6 Å². The van der Waals surface area contributed by atoms with Crippen LogP contribution in [-0.4, -0.2) is 34.9 Å². The van der Waals surface area contributed by atoms with Crippen molar-refractivity contribution in [2.75, 3.05) is 19.5 Å². The summed E-state index contributed by atoms with van der Waals surface area (Å²) in [5.74, 6) is 3.26. The van der Waals surface area contributed by atoms with Gasteiger partial charge in [-0.05, 0) is 63.1 Å². The highest BCUT2D eigenvalue weighted by atomic mass is 16.5. The maximum Gasteiger partial charge on any atom is 0.165 e. The molecule has 0 aliphatic heterocycles. The minimum atomic E-state index is 0.491. The Balaban J connectivity index is 1.77. The van der Waals surface area contributed by atoms with E-state index < -0.39 is 0 Å². The highest BCUT2D eigenvalue weighted by molar-refractivity contribution is 5.82. The summed E-state index contributed by atoms with van der Waals surface area (Å²) in [5, 5.41) is 8.56. The van der Waals surface area contributed by atoms with Crippen LogP contribution in [0.4, 0.5) is 5.82 Å². The number of methoxy groups -OCH3 is 2. The Hall–Kier alpha value is -2.76. The molecule has 6 heteroatoms. The third kappa shape index (κ3) is 3.76. The predicted molar refractivity (Wildman–Crippen MR) is 116 cm³/mol. The van der Waals surface area contributed by atoms with Crippen LogP contribution in [0.15, 0.2) is 24.3 Å². The topological polar surface area (TPSA) is 60.7 Å². The second-order valence-corrected chi connectivity index (χ2v) is 8.15. The summed E-state index contributed by atoms with van der Waals surface area (Å²) < 4.78 is 12.8. The molecule has 1 N–H and O–H groups in total. The zero-order chi connectivity index (χ0) is 20.5. The molecule has 0 unspecified atom stereocenters. The van der Waals surface area contributed by atoms with Gasteiger partial charge in [0.05, 0.1) is 19.9 Å². The van der Waals surface area contributed by atoms with Crippen molar-refractivity contribution in [3.8, 4) is 22.6 Å². The third-order valence-corrected chi connectivity index (χ3v) is 5.93. The Bertz CT molecular complexity index is 1020. The van der Waals surface area contributed by atoms with Crippen molar-refractivity contribution >= 4 is 11.5 Å². The van der Waals surface area contributed by atoms with E-state index in [0.29, 0.717) is 17.5 Å². The lowest BCUT2D eigenvalue weighted by Gasteiger charge is -2.27. The van der Waals surface area contributed by atoms with Gasteiger partial charge in [0.1, 0.15) is 5.82 Å². The van der Waals surface area contributed by atoms with Crippen LogP contribution in [0, 0.1) is 19.8 Å². The molecule has 154 valence electrons. The minimum Gasteiger partial charge on any atom is -0.493 e. The van der Waals surface area contributed by atoms with Gasteiger partial charge in [0, 0.05) is 23.4 Å². The molecule has 0 bridgehead atoms. The smallest absolute Gasteiger partial charge is 0.165 e. The van der Waals surface area contributed by atoms with Gasteiger partial charge in [-0.25, -0.2) is 4.98 Å². The second-order valence-electron chi connectivity index (χ2n) is 8.15. The Labute approximate surface area is 172 Å². The molecule has 3 aromatic rings. The molecule has 4 rings (SSSR count). The van der Waals surface area contributed by atoms with Crippen molar-refractivity contribution in [1.82, 2.24) is 14.6 Å².